The van der Waals surface area contributed by atoms with Gasteiger partial charge in [0.25, 0.3) is 0 Å². The number of hydrazone groups is 1. The van der Waals surface area contributed by atoms with Gasteiger partial charge in [-0.15, -0.1) is 11.3 Å². The molecule has 1 heterocycles. The summed E-state index contributed by atoms with van der Waals surface area (Å²) in [7, 11) is 0. The first-order valence-corrected chi connectivity index (χ1v) is 9.93. The molecular formula is C20H18ClN3O4S. The Morgan fingerprint density at radius 1 is 1.31 bits per heavy atom. The fraction of sp³-hybridized carbons (Fsp3) is 0.150. The molecule has 0 aliphatic rings. The first kappa shape index (κ1) is 20.6. The van der Waals surface area contributed by atoms with E-state index >= 15 is 0 Å². The van der Waals surface area contributed by atoms with Gasteiger partial charge in [0.2, 0.25) is 5.13 Å². The lowest BCUT2D eigenvalue weighted by molar-refractivity contribution is -0.139. The van der Waals surface area contributed by atoms with Crippen LogP contribution in [0.5, 0.6) is 11.5 Å². The molecule has 29 heavy (non-hydrogen) atoms. The van der Waals surface area contributed by atoms with Crippen LogP contribution in [0.15, 0.2) is 52.9 Å². The zero-order valence-electron chi connectivity index (χ0n) is 15.5. The van der Waals surface area contributed by atoms with Crippen molar-refractivity contribution in [2.45, 2.75) is 6.92 Å². The largest absolute Gasteiger partial charge is 0.490 e. The van der Waals surface area contributed by atoms with Crippen LogP contribution in [0.3, 0.4) is 0 Å². The summed E-state index contributed by atoms with van der Waals surface area (Å²) in [5.74, 6) is -0.562. The van der Waals surface area contributed by atoms with E-state index in [0.717, 1.165) is 11.3 Å². The van der Waals surface area contributed by atoms with Gasteiger partial charge in [-0.25, -0.2) is 9.78 Å². The SMILES string of the molecule is CCOc1cc(C=NNc2nc(-c3ccccc3)cs2)cc(Cl)c1OCC(=O)O. The van der Waals surface area contributed by atoms with Crippen LogP contribution < -0.4 is 14.9 Å². The van der Waals surface area contributed by atoms with E-state index in [2.05, 4.69) is 15.5 Å². The Hall–Kier alpha value is -3.10. The number of hydrogen-bond acceptors (Lipinski definition) is 7. The van der Waals surface area contributed by atoms with Crippen LogP contribution in [0.4, 0.5) is 5.13 Å². The number of thiazole rings is 1. The molecule has 0 aliphatic carbocycles. The minimum Gasteiger partial charge on any atom is -0.490 e. The number of carboxylic acids is 1. The molecule has 3 aromatic rings. The number of benzene rings is 2. The quantitative estimate of drug-likeness (QED) is 0.374. The predicted octanol–water partition coefficient (Wildman–Crippen LogP) is 4.77. The number of aromatic nitrogens is 1. The highest BCUT2D eigenvalue weighted by molar-refractivity contribution is 7.14. The zero-order chi connectivity index (χ0) is 20.6. The third-order valence-corrected chi connectivity index (χ3v) is 4.65. The molecule has 2 N–H and O–H groups in total. The summed E-state index contributed by atoms with van der Waals surface area (Å²) in [6.07, 6.45) is 1.57. The average Bonchev–Trinajstić information content (AvgIpc) is 3.17. The normalized spacial score (nSPS) is 10.8. The number of nitrogens with one attached hydrogen (secondary N) is 1. The number of nitrogens with zero attached hydrogens (tertiary/aromatic N) is 2. The van der Waals surface area contributed by atoms with Gasteiger partial charge in [0.05, 0.1) is 23.5 Å². The third kappa shape index (κ3) is 5.69. The van der Waals surface area contributed by atoms with Gasteiger partial charge in [0, 0.05) is 10.9 Å². The molecule has 0 saturated heterocycles. The van der Waals surface area contributed by atoms with Crippen LogP contribution in [0.1, 0.15) is 12.5 Å². The first-order chi connectivity index (χ1) is 14.1. The summed E-state index contributed by atoms with van der Waals surface area (Å²) in [4.78, 5) is 15.2. The molecule has 7 nitrogen and oxygen atoms in total. The van der Waals surface area contributed by atoms with Crippen LogP contribution in [0.2, 0.25) is 5.02 Å². The molecule has 0 atom stereocenters. The minimum absolute atomic E-state index is 0.188. The molecule has 0 radical (unpaired) electrons. The second-order valence-corrected chi connectivity index (χ2v) is 6.98. The highest BCUT2D eigenvalue weighted by Gasteiger charge is 2.13. The summed E-state index contributed by atoms with van der Waals surface area (Å²) in [6.45, 7) is 1.67. The molecule has 3 rings (SSSR count). The molecule has 0 spiro atoms. The van der Waals surface area contributed by atoms with E-state index in [4.69, 9.17) is 26.2 Å². The first-order valence-electron chi connectivity index (χ1n) is 8.67. The molecule has 150 valence electrons. The maximum absolute atomic E-state index is 10.7. The number of rotatable bonds is 9. The molecule has 2 aromatic carbocycles. The monoisotopic (exact) mass is 431 g/mol. The summed E-state index contributed by atoms with van der Waals surface area (Å²) >= 11 is 7.67. The fourth-order valence-corrected chi connectivity index (χ4v) is 3.37. The zero-order valence-corrected chi connectivity index (χ0v) is 17.0. The molecule has 0 fully saturated rings. The molecule has 1 aromatic heterocycles. The van der Waals surface area contributed by atoms with E-state index < -0.39 is 12.6 Å². The molecule has 9 heteroatoms. The minimum atomic E-state index is -1.10. The Morgan fingerprint density at radius 2 is 2.10 bits per heavy atom. The predicted molar refractivity (Wildman–Crippen MR) is 115 cm³/mol. The fourth-order valence-electron chi connectivity index (χ4n) is 2.43. The molecule has 0 amide bonds. The van der Waals surface area contributed by atoms with Gasteiger partial charge in [-0.2, -0.15) is 5.10 Å². The summed E-state index contributed by atoms with van der Waals surface area (Å²) < 4.78 is 10.7. The van der Waals surface area contributed by atoms with Crippen molar-refractivity contribution in [1.82, 2.24) is 4.98 Å². The van der Waals surface area contributed by atoms with Gasteiger partial charge in [-0.1, -0.05) is 41.9 Å². The third-order valence-electron chi connectivity index (χ3n) is 3.62. The molecule has 0 bridgehead atoms. The van der Waals surface area contributed by atoms with Gasteiger partial charge >= 0.3 is 5.97 Å². The Labute approximate surface area is 176 Å². The van der Waals surface area contributed by atoms with E-state index in [1.165, 1.54) is 11.3 Å². The molecule has 0 saturated carbocycles. The second-order valence-electron chi connectivity index (χ2n) is 5.72. The van der Waals surface area contributed by atoms with Crippen LogP contribution in [-0.2, 0) is 4.79 Å². The van der Waals surface area contributed by atoms with Crippen molar-refractivity contribution in [3.05, 3.63) is 58.4 Å². The Morgan fingerprint density at radius 3 is 2.83 bits per heavy atom. The number of carbonyl (C=O) groups is 1. The van der Waals surface area contributed by atoms with E-state index in [1.54, 1.807) is 18.3 Å². The number of aliphatic carboxylic acids is 1. The lowest BCUT2D eigenvalue weighted by atomic mass is 10.2. The maximum Gasteiger partial charge on any atom is 0.341 e. The van der Waals surface area contributed by atoms with Crippen LogP contribution in [0.25, 0.3) is 11.3 Å². The topological polar surface area (TPSA) is 93.0 Å². The van der Waals surface area contributed by atoms with Gasteiger partial charge in [-0.3, -0.25) is 5.43 Å². The van der Waals surface area contributed by atoms with Crippen molar-refractivity contribution in [2.24, 2.45) is 5.10 Å². The lowest BCUT2D eigenvalue weighted by Gasteiger charge is -2.13. The summed E-state index contributed by atoms with van der Waals surface area (Å²) in [5, 5.41) is 15.8. The number of ether oxygens (including phenoxy) is 2. The van der Waals surface area contributed by atoms with E-state index in [9.17, 15) is 4.79 Å². The molecular weight excluding hydrogens is 414 g/mol. The van der Waals surface area contributed by atoms with Crippen LogP contribution in [0, 0.1) is 0 Å². The Bertz CT molecular complexity index is 1010. The highest BCUT2D eigenvalue weighted by atomic mass is 35.5. The van der Waals surface area contributed by atoms with Gasteiger partial charge in [0.1, 0.15) is 0 Å². The second kappa shape index (κ2) is 9.90. The summed E-state index contributed by atoms with van der Waals surface area (Å²) in [5.41, 5.74) is 5.46. The van der Waals surface area contributed by atoms with Crippen LogP contribution >= 0.6 is 22.9 Å². The van der Waals surface area contributed by atoms with Crippen molar-refractivity contribution in [3.8, 4) is 22.8 Å². The Kier molecular flexibility index (Phi) is 7.04. The Balaban J connectivity index is 1.71. The van der Waals surface area contributed by atoms with Crippen molar-refractivity contribution in [1.29, 1.82) is 0 Å². The molecule has 0 aliphatic heterocycles. The van der Waals surface area contributed by atoms with Crippen molar-refractivity contribution in [3.63, 3.8) is 0 Å². The van der Waals surface area contributed by atoms with Gasteiger partial charge in [-0.05, 0) is 24.6 Å². The van der Waals surface area contributed by atoms with E-state index in [1.807, 2.05) is 42.6 Å². The van der Waals surface area contributed by atoms with Crippen molar-refractivity contribution < 1.29 is 19.4 Å². The van der Waals surface area contributed by atoms with Gasteiger partial charge in [0.15, 0.2) is 18.1 Å². The summed E-state index contributed by atoms with van der Waals surface area (Å²) in [6, 6.07) is 13.2. The number of carboxylic acid groups (broad SMARTS) is 1. The highest BCUT2D eigenvalue weighted by Crippen LogP contribution is 2.36. The maximum atomic E-state index is 10.7. The smallest absolute Gasteiger partial charge is 0.341 e. The van der Waals surface area contributed by atoms with Gasteiger partial charge < -0.3 is 14.6 Å². The standard InChI is InChI=1S/C20H18ClN3O4S/c1-2-27-17-9-13(8-15(21)19(17)28-11-18(25)26)10-22-24-20-23-16(12-29-20)14-6-4-3-5-7-14/h3-10,12H,2,11H2,1H3,(H,23,24)(H,25,26). The van der Waals surface area contributed by atoms with Crippen LogP contribution in [-0.4, -0.2) is 35.5 Å². The lowest BCUT2D eigenvalue weighted by Crippen LogP contribution is -2.11. The van der Waals surface area contributed by atoms with Crippen molar-refractivity contribution in [2.75, 3.05) is 18.6 Å². The average molecular weight is 432 g/mol. The molecule has 0 unspecified atom stereocenters. The van der Waals surface area contributed by atoms with E-state index in [-0.39, 0.29) is 10.8 Å². The number of halogens is 1. The van der Waals surface area contributed by atoms with Crippen molar-refractivity contribution >= 4 is 40.3 Å². The van der Waals surface area contributed by atoms with E-state index in [0.29, 0.717) is 23.1 Å². The number of anilines is 1. The number of hydrogen-bond donors (Lipinski definition) is 2.